The fourth-order valence-electron chi connectivity index (χ4n) is 1.92. The van der Waals surface area contributed by atoms with Gasteiger partial charge in [0.15, 0.2) is 0 Å². The summed E-state index contributed by atoms with van der Waals surface area (Å²) in [5.41, 5.74) is 8.45. The predicted octanol–water partition coefficient (Wildman–Crippen LogP) is 1.97. The molecule has 0 unspecified atom stereocenters. The molecule has 0 aliphatic heterocycles. The van der Waals surface area contributed by atoms with Gasteiger partial charge in [-0.1, -0.05) is 17.7 Å². The zero-order chi connectivity index (χ0) is 11.1. The van der Waals surface area contributed by atoms with E-state index in [1.54, 1.807) is 0 Å². The van der Waals surface area contributed by atoms with Crippen LogP contribution < -0.4 is 5.73 Å². The average molecular weight is 235 g/mol. The fraction of sp³-hybridized carbons (Fsp3) is 0.182. The molecular formula is C11H11ClN4. The number of fused-ring (bicyclic) bond motifs is 3. The highest BCUT2D eigenvalue weighted by Crippen LogP contribution is 2.23. The van der Waals surface area contributed by atoms with Gasteiger partial charge in [-0.3, -0.25) is 4.40 Å². The van der Waals surface area contributed by atoms with Crippen LogP contribution in [0.4, 0.5) is 0 Å². The number of H-pyrrole nitrogens is 1. The van der Waals surface area contributed by atoms with Crippen LogP contribution in [0, 0.1) is 0 Å². The minimum atomic E-state index is 0.627. The first-order chi connectivity index (χ1) is 7.79. The average Bonchev–Trinajstić information content (AvgIpc) is 2.77. The van der Waals surface area contributed by atoms with Gasteiger partial charge < -0.3 is 10.7 Å². The molecule has 0 fully saturated rings. The second-order valence-electron chi connectivity index (χ2n) is 3.73. The first-order valence-corrected chi connectivity index (χ1v) is 5.51. The Labute approximate surface area is 97.0 Å². The van der Waals surface area contributed by atoms with Gasteiger partial charge in [-0.05, 0) is 18.7 Å². The molecule has 5 heteroatoms. The molecule has 3 N–H and O–H groups in total. The molecule has 1 aromatic carbocycles. The lowest BCUT2D eigenvalue weighted by molar-refractivity contribution is 0.936. The molecule has 2 heterocycles. The number of aromatic nitrogens is 3. The minimum absolute atomic E-state index is 0.627. The van der Waals surface area contributed by atoms with Gasteiger partial charge in [0.05, 0.1) is 10.5 Å². The number of nitrogens with one attached hydrogen (secondary N) is 1. The number of nitrogens with zero attached hydrogens (tertiary/aromatic N) is 2. The van der Waals surface area contributed by atoms with Crippen LogP contribution in [-0.4, -0.2) is 20.9 Å². The van der Waals surface area contributed by atoms with E-state index < -0.39 is 0 Å². The second-order valence-corrected chi connectivity index (χ2v) is 4.14. The maximum absolute atomic E-state index is 6.08. The van der Waals surface area contributed by atoms with Crippen molar-refractivity contribution < 1.29 is 0 Å². The molecule has 3 aromatic rings. The largest absolute Gasteiger partial charge is 0.330 e. The van der Waals surface area contributed by atoms with Crippen molar-refractivity contribution in [3.63, 3.8) is 0 Å². The van der Waals surface area contributed by atoms with Crippen molar-refractivity contribution in [2.45, 2.75) is 6.42 Å². The van der Waals surface area contributed by atoms with Crippen molar-refractivity contribution in [1.82, 2.24) is 14.4 Å². The highest BCUT2D eigenvalue weighted by atomic mass is 35.5. The molecule has 0 saturated heterocycles. The van der Waals surface area contributed by atoms with E-state index in [2.05, 4.69) is 9.97 Å². The Morgan fingerprint density at radius 2 is 2.31 bits per heavy atom. The van der Waals surface area contributed by atoms with E-state index in [0.29, 0.717) is 11.6 Å². The van der Waals surface area contributed by atoms with E-state index in [1.807, 2.05) is 28.8 Å². The van der Waals surface area contributed by atoms with Gasteiger partial charge in [0.2, 0.25) is 5.78 Å². The summed E-state index contributed by atoms with van der Waals surface area (Å²) in [4.78, 5) is 7.68. The summed E-state index contributed by atoms with van der Waals surface area (Å²) in [5, 5.41) is 0.676. The van der Waals surface area contributed by atoms with Gasteiger partial charge in [0.25, 0.3) is 0 Å². The maximum atomic E-state index is 6.08. The lowest BCUT2D eigenvalue weighted by Crippen LogP contribution is -2.02. The lowest BCUT2D eigenvalue weighted by Gasteiger charge is -1.93. The monoisotopic (exact) mass is 234 g/mol. The van der Waals surface area contributed by atoms with Crippen molar-refractivity contribution in [2.24, 2.45) is 5.73 Å². The van der Waals surface area contributed by atoms with E-state index in [4.69, 9.17) is 17.3 Å². The van der Waals surface area contributed by atoms with E-state index in [1.165, 1.54) is 0 Å². The molecule has 0 amide bonds. The van der Waals surface area contributed by atoms with Crippen molar-refractivity contribution in [3.8, 4) is 0 Å². The Kier molecular flexibility index (Phi) is 2.12. The van der Waals surface area contributed by atoms with Crippen LogP contribution in [0.25, 0.3) is 16.8 Å². The molecule has 3 rings (SSSR count). The third-order valence-electron chi connectivity index (χ3n) is 2.64. The van der Waals surface area contributed by atoms with Crippen molar-refractivity contribution in [2.75, 3.05) is 6.54 Å². The normalized spacial score (nSPS) is 11.6. The third kappa shape index (κ3) is 1.31. The van der Waals surface area contributed by atoms with Crippen LogP contribution >= 0.6 is 11.6 Å². The molecule has 2 aromatic heterocycles. The lowest BCUT2D eigenvalue weighted by atomic mass is 10.3. The Balaban J connectivity index is 2.30. The topological polar surface area (TPSA) is 59.1 Å². The molecule has 0 spiro atoms. The van der Waals surface area contributed by atoms with E-state index in [0.717, 1.165) is 28.9 Å². The number of halogens is 1. The second kappa shape index (κ2) is 3.50. The van der Waals surface area contributed by atoms with Gasteiger partial charge in [-0.25, -0.2) is 4.98 Å². The number of aromatic amines is 1. The number of nitrogens with two attached hydrogens (primary N) is 1. The van der Waals surface area contributed by atoms with Crippen molar-refractivity contribution in [1.29, 1.82) is 0 Å². The van der Waals surface area contributed by atoms with Gasteiger partial charge in [0.1, 0.15) is 5.52 Å². The van der Waals surface area contributed by atoms with Crippen molar-refractivity contribution >= 4 is 28.4 Å². The number of para-hydroxylation sites is 1. The molecule has 82 valence electrons. The Hall–Kier alpha value is -1.52. The number of rotatable bonds is 2. The summed E-state index contributed by atoms with van der Waals surface area (Å²) in [5.74, 6) is 0.812. The van der Waals surface area contributed by atoms with Gasteiger partial charge in [0, 0.05) is 18.3 Å². The number of hydrogen-bond acceptors (Lipinski definition) is 2. The molecule has 0 radical (unpaired) electrons. The summed E-state index contributed by atoms with van der Waals surface area (Å²) in [7, 11) is 0. The first-order valence-electron chi connectivity index (χ1n) is 5.14. The van der Waals surface area contributed by atoms with E-state index in [-0.39, 0.29) is 0 Å². The third-order valence-corrected chi connectivity index (χ3v) is 2.95. The molecule has 0 atom stereocenters. The SMILES string of the molecule is NCCc1cn2c(nc3c(Cl)cccc32)[nH]1. The maximum Gasteiger partial charge on any atom is 0.212 e. The van der Waals surface area contributed by atoms with Crippen LogP contribution in [-0.2, 0) is 6.42 Å². The van der Waals surface area contributed by atoms with Gasteiger partial charge in [-0.2, -0.15) is 0 Å². The molecule has 16 heavy (non-hydrogen) atoms. The summed E-state index contributed by atoms with van der Waals surface area (Å²) in [6.45, 7) is 0.627. The Morgan fingerprint density at radius 3 is 3.12 bits per heavy atom. The summed E-state index contributed by atoms with van der Waals surface area (Å²) in [6.07, 6.45) is 2.85. The Morgan fingerprint density at radius 1 is 1.44 bits per heavy atom. The number of hydrogen-bond donors (Lipinski definition) is 2. The van der Waals surface area contributed by atoms with E-state index in [9.17, 15) is 0 Å². The van der Waals surface area contributed by atoms with Crippen LogP contribution in [0.3, 0.4) is 0 Å². The first kappa shape index (κ1) is 9.69. The highest BCUT2D eigenvalue weighted by Gasteiger charge is 2.09. The van der Waals surface area contributed by atoms with E-state index >= 15 is 0 Å². The minimum Gasteiger partial charge on any atom is -0.330 e. The number of imidazole rings is 2. The summed E-state index contributed by atoms with van der Waals surface area (Å²) in [6, 6.07) is 5.77. The number of benzene rings is 1. The summed E-state index contributed by atoms with van der Waals surface area (Å²) >= 11 is 6.08. The van der Waals surface area contributed by atoms with Crippen LogP contribution in [0.2, 0.25) is 5.02 Å². The van der Waals surface area contributed by atoms with Crippen LogP contribution in [0.1, 0.15) is 5.69 Å². The molecule has 0 aliphatic rings. The molecule has 0 saturated carbocycles. The smallest absolute Gasteiger partial charge is 0.212 e. The van der Waals surface area contributed by atoms with Crippen LogP contribution in [0.15, 0.2) is 24.4 Å². The summed E-state index contributed by atoms with van der Waals surface area (Å²) < 4.78 is 2.01. The zero-order valence-electron chi connectivity index (χ0n) is 8.57. The molecular weight excluding hydrogens is 224 g/mol. The molecule has 4 nitrogen and oxygen atoms in total. The fourth-order valence-corrected chi connectivity index (χ4v) is 2.13. The standard InChI is InChI=1S/C11H11ClN4/c12-8-2-1-3-9-10(8)15-11-14-7(4-5-13)6-16(9)11/h1-3,6H,4-5,13H2,(H,14,15). The zero-order valence-corrected chi connectivity index (χ0v) is 9.33. The van der Waals surface area contributed by atoms with Crippen LogP contribution in [0.5, 0.6) is 0 Å². The Bertz CT molecular complexity index is 652. The quantitative estimate of drug-likeness (QED) is 0.712. The van der Waals surface area contributed by atoms with Crippen molar-refractivity contribution in [3.05, 3.63) is 35.1 Å². The highest BCUT2D eigenvalue weighted by molar-refractivity contribution is 6.35. The van der Waals surface area contributed by atoms with Gasteiger partial charge in [-0.15, -0.1) is 0 Å². The predicted molar refractivity (Wildman–Crippen MR) is 64.8 cm³/mol. The molecule has 0 bridgehead atoms. The van der Waals surface area contributed by atoms with Gasteiger partial charge >= 0.3 is 0 Å². The molecule has 0 aliphatic carbocycles.